The average Bonchev–Trinajstić information content (AvgIpc) is 2.35. The predicted octanol–water partition coefficient (Wildman–Crippen LogP) is 1.70. The molecule has 0 radical (unpaired) electrons. The Kier molecular flexibility index (Phi) is 5.22. The number of carbonyl (C=O) groups is 1. The lowest BCUT2D eigenvalue weighted by atomic mass is 9.79. The van der Waals surface area contributed by atoms with Gasteiger partial charge in [-0.2, -0.15) is 0 Å². The van der Waals surface area contributed by atoms with Crippen molar-refractivity contribution in [2.24, 2.45) is 11.3 Å². The molecular weight excluding hydrogens is 240 g/mol. The topological polar surface area (TPSA) is 50.4 Å². The normalized spacial score (nSPS) is 29.6. The van der Waals surface area contributed by atoms with Crippen LogP contribution in [0.15, 0.2) is 0 Å². The zero-order valence-electron chi connectivity index (χ0n) is 12.3. The molecular formula is C15H28N2O2. The maximum absolute atomic E-state index is 11.9. The number of amides is 1. The summed E-state index contributed by atoms with van der Waals surface area (Å²) in [4.78, 5) is 11.9. The first-order valence-corrected chi connectivity index (χ1v) is 7.70. The van der Waals surface area contributed by atoms with E-state index in [0.717, 1.165) is 51.9 Å². The number of rotatable bonds is 6. The molecule has 2 N–H and O–H groups in total. The molecule has 1 aliphatic heterocycles. The van der Waals surface area contributed by atoms with Crippen molar-refractivity contribution in [1.82, 2.24) is 10.6 Å². The maximum atomic E-state index is 11.9. The van der Waals surface area contributed by atoms with Crippen LogP contribution in [0.25, 0.3) is 0 Å². The van der Waals surface area contributed by atoms with Gasteiger partial charge in [0.05, 0.1) is 6.10 Å². The molecule has 1 saturated carbocycles. The van der Waals surface area contributed by atoms with E-state index in [9.17, 15) is 4.79 Å². The number of hydrogen-bond donors (Lipinski definition) is 2. The van der Waals surface area contributed by atoms with Gasteiger partial charge in [-0.1, -0.05) is 6.92 Å². The van der Waals surface area contributed by atoms with E-state index >= 15 is 0 Å². The highest BCUT2D eigenvalue weighted by Gasteiger charge is 2.32. The van der Waals surface area contributed by atoms with Crippen LogP contribution in [-0.4, -0.2) is 38.3 Å². The first-order valence-electron chi connectivity index (χ1n) is 7.70. The fraction of sp³-hybridized carbons (Fsp3) is 0.933. The van der Waals surface area contributed by atoms with Crippen LogP contribution < -0.4 is 10.6 Å². The van der Waals surface area contributed by atoms with Gasteiger partial charge < -0.3 is 15.4 Å². The van der Waals surface area contributed by atoms with Gasteiger partial charge >= 0.3 is 0 Å². The Morgan fingerprint density at radius 1 is 1.37 bits per heavy atom. The summed E-state index contributed by atoms with van der Waals surface area (Å²) in [5, 5.41) is 6.50. The molecule has 2 aliphatic rings. The smallest absolute Gasteiger partial charge is 0.220 e. The van der Waals surface area contributed by atoms with E-state index < -0.39 is 0 Å². The highest BCUT2D eigenvalue weighted by molar-refractivity contribution is 5.76. The lowest BCUT2D eigenvalue weighted by Crippen LogP contribution is -2.44. The van der Waals surface area contributed by atoms with Crippen LogP contribution in [0.4, 0.5) is 0 Å². The maximum Gasteiger partial charge on any atom is 0.220 e. The molecule has 0 bridgehead atoms. The third-order valence-corrected chi connectivity index (χ3v) is 4.59. The van der Waals surface area contributed by atoms with Crippen molar-refractivity contribution in [3.63, 3.8) is 0 Å². The van der Waals surface area contributed by atoms with Crippen LogP contribution in [0.2, 0.25) is 0 Å². The van der Waals surface area contributed by atoms with Crippen LogP contribution in [-0.2, 0) is 9.53 Å². The predicted molar refractivity (Wildman–Crippen MR) is 76.0 cm³/mol. The highest BCUT2D eigenvalue weighted by atomic mass is 16.5. The summed E-state index contributed by atoms with van der Waals surface area (Å²) in [5.74, 6) is 0.761. The minimum Gasteiger partial charge on any atom is -0.378 e. The molecule has 0 unspecified atom stereocenters. The van der Waals surface area contributed by atoms with Gasteiger partial charge in [0.1, 0.15) is 0 Å². The van der Waals surface area contributed by atoms with E-state index in [4.69, 9.17) is 4.74 Å². The number of ether oxygens (including phenoxy) is 1. The minimum atomic E-state index is 0.222. The second-order valence-corrected chi connectivity index (χ2v) is 6.46. The summed E-state index contributed by atoms with van der Waals surface area (Å²) in [5.41, 5.74) is 0.286. The molecule has 110 valence electrons. The van der Waals surface area contributed by atoms with Gasteiger partial charge in [0, 0.05) is 19.6 Å². The van der Waals surface area contributed by atoms with E-state index in [0.29, 0.717) is 18.4 Å². The van der Waals surface area contributed by atoms with E-state index in [1.54, 1.807) is 0 Å². The van der Waals surface area contributed by atoms with E-state index in [-0.39, 0.29) is 11.3 Å². The summed E-state index contributed by atoms with van der Waals surface area (Å²) in [6.07, 6.45) is 5.51. The Hall–Kier alpha value is -0.610. The van der Waals surface area contributed by atoms with Crippen molar-refractivity contribution < 1.29 is 9.53 Å². The van der Waals surface area contributed by atoms with Crippen molar-refractivity contribution in [2.75, 3.05) is 26.2 Å². The van der Waals surface area contributed by atoms with Crippen molar-refractivity contribution in [3.8, 4) is 0 Å². The van der Waals surface area contributed by atoms with Gasteiger partial charge in [-0.3, -0.25) is 4.79 Å². The van der Waals surface area contributed by atoms with Gasteiger partial charge in [-0.15, -0.1) is 0 Å². The zero-order chi connectivity index (χ0) is 13.7. The molecule has 2 fully saturated rings. The van der Waals surface area contributed by atoms with Crippen LogP contribution in [0.3, 0.4) is 0 Å². The zero-order valence-corrected chi connectivity index (χ0v) is 12.3. The number of carbonyl (C=O) groups excluding carboxylic acids is 1. The van der Waals surface area contributed by atoms with E-state index in [1.807, 2.05) is 6.92 Å². The molecule has 0 aromatic carbocycles. The molecule has 2 rings (SSSR count). The molecule has 0 spiro atoms. The Bertz CT molecular complexity index is 295. The Labute approximate surface area is 116 Å². The Balaban J connectivity index is 1.60. The second kappa shape index (κ2) is 6.71. The molecule has 1 aliphatic carbocycles. The van der Waals surface area contributed by atoms with Crippen molar-refractivity contribution in [3.05, 3.63) is 0 Å². The fourth-order valence-electron chi connectivity index (χ4n) is 3.07. The largest absolute Gasteiger partial charge is 0.378 e. The standard InChI is InChI=1S/C15H28N2O2/c1-3-19-13-8-12(9-13)10-14(18)17-11-15(2)4-6-16-7-5-15/h12-13,16H,3-11H2,1-2H3,(H,17,18). The van der Waals surface area contributed by atoms with Gasteiger partial charge in [0.25, 0.3) is 0 Å². The molecule has 4 heteroatoms. The molecule has 0 aromatic rings. The van der Waals surface area contributed by atoms with Crippen LogP contribution in [0.5, 0.6) is 0 Å². The number of piperidine rings is 1. The summed E-state index contributed by atoms with van der Waals surface area (Å²) in [6, 6.07) is 0. The van der Waals surface area contributed by atoms with Crippen LogP contribution >= 0.6 is 0 Å². The summed E-state index contributed by atoms with van der Waals surface area (Å²) in [7, 11) is 0. The average molecular weight is 268 g/mol. The van der Waals surface area contributed by atoms with Crippen molar-refractivity contribution in [1.29, 1.82) is 0 Å². The summed E-state index contributed by atoms with van der Waals surface area (Å²) in [6.45, 7) is 8.07. The molecule has 1 saturated heterocycles. The monoisotopic (exact) mass is 268 g/mol. The lowest BCUT2D eigenvalue weighted by molar-refractivity contribution is -0.124. The Morgan fingerprint density at radius 3 is 2.68 bits per heavy atom. The SMILES string of the molecule is CCOC1CC(CC(=O)NCC2(C)CCNCC2)C1. The first kappa shape index (κ1) is 14.8. The summed E-state index contributed by atoms with van der Waals surface area (Å²) >= 11 is 0. The minimum absolute atomic E-state index is 0.222. The molecule has 4 nitrogen and oxygen atoms in total. The number of hydrogen-bond acceptors (Lipinski definition) is 3. The third-order valence-electron chi connectivity index (χ3n) is 4.59. The van der Waals surface area contributed by atoms with Crippen molar-refractivity contribution in [2.45, 2.75) is 52.1 Å². The Morgan fingerprint density at radius 2 is 2.05 bits per heavy atom. The van der Waals surface area contributed by atoms with Gasteiger partial charge in [-0.25, -0.2) is 0 Å². The molecule has 1 amide bonds. The van der Waals surface area contributed by atoms with Gasteiger partial charge in [-0.05, 0) is 57.0 Å². The molecule has 1 heterocycles. The third kappa shape index (κ3) is 4.46. The lowest BCUT2D eigenvalue weighted by Gasteiger charge is -2.36. The molecule has 19 heavy (non-hydrogen) atoms. The van der Waals surface area contributed by atoms with Crippen LogP contribution in [0, 0.1) is 11.3 Å². The van der Waals surface area contributed by atoms with E-state index in [2.05, 4.69) is 17.6 Å². The van der Waals surface area contributed by atoms with Crippen LogP contribution in [0.1, 0.15) is 46.0 Å². The first-order chi connectivity index (χ1) is 9.11. The van der Waals surface area contributed by atoms with Gasteiger partial charge in [0.2, 0.25) is 5.91 Å². The van der Waals surface area contributed by atoms with Gasteiger partial charge in [0.15, 0.2) is 0 Å². The summed E-state index contributed by atoms with van der Waals surface area (Å²) < 4.78 is 5.52. The highest BCUT2D eigenvalue weighted by Crippen LogP contribution is 2.33. The van der Waals surface area contributed by atoms with E-state index in [1.165, 1.54) is 0 Å². The van der Waals surface area contributed by atoms with Crippen molar-refractivity contribution >= 4 is 5.91 Å². The fourth-order valence-corrected chi connectivity index (χ4v) is 3.07. The second-order valence-electron chi connectivity index (χ2n) is 6.46. The molecule has 0 aromatic heterocycles. The number of nitrogens with one attached hydrogen (secondary N) is 2. The quantitative estimate of drug-likeness (QED) is 0.771. The molecule has 0 atom stereocenters.